The quantitative estimate of drug-likeness (QED) is 0.783. The van der Waals surface area contributed by atoms with Gasteiger partial charge in [0.15, 0.2) is 0 Å². The number of nitrogens with zero attached hydrogens (tertiary/aromatic N) is 1. The molecule has 0 bridgehead atoms. The molecule has 0 amide bonds. The lowest BCUT2D eigenvalue weighted by atomic mass is 9.99. The Kier molecular flexibility index (Phi) is 5.61. The van der Waals surface area contributed by atoms with Crippen molar-refractivity contribution in [2.45, 2.75) is 44.7 Å². The third-order valence-electron chi connectivity index (χ3n) is 4.38. The lowest BCUT2D eigenvalue weighted by molar-refractivity contribution is -0.144. The van der Waals surface area contributed by atoms with E-state index in [0.29, 0.717) is 18.3 Å². The average Bonchev–Trinajstić information content (AvgIpc) is 3.00. The van der Waals surface area contributed by atoms with Crippen LogP contribution in [0.1, 0.15) is 42.9 Å². The number of aryl methyl sites for hydroxylation is 1. The number of rotatable bonds is 7. The molecule has 1 saturated carbocycles. The standard InChI is InChI=1S/C18H25NO3/c1-4-11-19(14-7-5-6-8-14)17(18(20)21)15-12-13(2)9-10-16(15)22-3/h4,9-10,12,14,17H,1,5-8,11H2,2-3H3,(H,20,21)/t17-/m0/s1. The number of methoxy groups -OCH3 is 1. The molecule has 120 valence electrons. The second kappa shape index (κ2) is 7.45. The Balaban J connectivity index is 2.45. The molecule has 0 radical (unpaired) electrons. The highest BCUT2D eigenvalue weighted by atomic mass is 16.5. The maximum Gasteiger partial charge on any atom is 0.325 e. The summed E-state index contributed by atoms with van der Waals surface area (Å²) in [6.07, 6.45) is 6.21. The van der Waals surface area contributed by atoms with Crippen LogP contribution in [-0.2, 0) is 4.79 Å². The zero-order chi connectivity index (χ0) is 16.1. The molecule has 2 rings (SSSR count). The summed E-state index contributed by atoms with van der Waals surface area (Å²) in [7, 11) is 1.58. The first-order chi connectivity index (χ1) is 10.6. The van der Waals surface area contributed by atoms with E-state index in [0.717, 1.165) is 36.8 Å². The van der Waals surface area contributed by atoms with Gasteiger partial charge in [-0.15, -0.1) is 6.58 Å². The molecule has 1 aliphatic carbocycles. The van der Waals surface area contributed by atoms with Crippen LogP contribution in [0.5, 0.6) is 5.75 Å². The van der Waals surface area contributed by atoms with Gasteiger partial charge in [-0.1, -0.05) is 36.6 Å². The second-order valence-electron chi connectivity index (χ2n) is 5.91. The molecule has 0 spiro atoms. The van der Waals surface area contributed by atoms with Crippen LogP contribution in [0.2, 0.25) is 0 Å². The highest BCUT2D eigenvalue weighted by molar-refractivity contribution is 5.77. The molecule has 1 atom stereocenters. The Morgan fingerprint density at radius 1 is 1.50 bits per heavy atom. The fraction of sp³-hybridized carbons (Fsp3) is 0.500. The van der Waals surface area contributed by atoms with Gasteiger partial charge in [0.2, 0.25) is 0 Å². The minimum Gasteiger partial charge on any atom is -0.496 e. The van der Waals surface area contributed by atoms with E-state index in [1.807, 2.05) is 25.1 Å². The van der Waals surface area contributed by atoms with Crippen molar-refractivity contribution < 1.29 is 14.6 Å². The maximum absolute atomic E-state index is 12.0. The van der Waals surface area contributed by atoms with Crippen molar-refractivity contribution in [1.82, 2.24) is 4.90 Å². The Morgan fingerprint density at radius 3 is 2.73 bits per heavy atom. The fourth-order valence-corrected chi connectivity index (χ4v) is 3.37. The number of hydrogen-bond acceptors (Lipinski definition) is 3. The fourth-order valence-electron chi connectivity index (χ4n) is 3.37. The largest absolute Gasteiger partial charge is 0.496 e. The molecule has 22 heavy (non-hydrogen) atoms. The maximum atomic E-state index is 12.0. The van der Waals surface area contributed by atoms with E-state index in [4.69, 9.17) is 4.74 Å². The lowest BCUT2D eigenvalue weighted by Crippen LogP contribution is -2.41. The number of carbonyl (C=O) groups is 1. The highest BCUT2D eigenvalue weighted by Gasteiger charge is 2.35. The van der Waals surface area contributed by atoms with Crippen molar-refractivity contribution in [3.8, 4) is 5.75 Å². The van der Waals surface area contributed by atoms with Gasteiger partial charge >= 0.3 is 5.97 Å². The molecule has 4 nitrogen and oxygen atoms in total. The minimum atomic E-state index is -0.836. The van der Waals surface area contributed by atoms with Gasteiger partial charge < -0.3 is 9.84 Å². The molecular weight excluding hydrogens is 278 g/mol. The van der Waals surface area contributed by atoms with Gasteiger partial charge in [0.1, 0.15) is 11.8 Å². The van der Waals surface area contributed by atoms with Crippen LogP contribution >= 0.6 is 0 Å². The predicted molar refractivity (Wildman–Crippen MR) is 87.3 cm³/mol. The number of hydrogen-bond donors (Lipinski definition) is 1. The molecular formula is C18H25NO3. The van der Waals surface area contributed by atoms with Crippen molar-refractivity contribution in [1.29, 1.82) is 0 Å². The van der Waals surface area contributed by atoms with E-state index < -0.39 is 12.0 Å². The summed E-state index contributed by atoms with van der Waals surface area (Å²) in [6, 6.07) is 5.30. The molecule has 0 aliphatic heterocycles. The van der Waals surface area contributed by atoms with E-state index in [9.17, 15) is 9.90 Å². The first-order valence-corrected chi connectivity index (χ1v) is 7.82. The molecule has 0 heterocycles. The van der Waals surface area contributed by atoms with E-state index in [1.54, 1.807) is 13.2 Å². The molecule has 1 aliphatic rings. The molecule has 1 aromatic carbocycles. The Bertz CT molecular complexity index is 535. The Labute approximate surface area is 132 Å². The van der Waals surface area contributed by atoms with Crippen LogP contribution in [0.15, 0.2) is 30.9 Å². The van der Waals surface area contributed by atoms with Crippen molar-refractivity contribution in [2.24, 2.45) is 0 Å². The average molecular weight is 303 g/mol. The van der Waals surface area contributed by atoms with Crippen molar-refractivity contribution in [3.05, 3.63) is 42.0 Å². The third-order valence-corrected chi connectivity index (χ3v) is 4.38. The zero-order valence-corrected chi connectivity index (χ0v) is 13.4. The van der Waals surface area contributed by atoms with Gasteiger partial charge in [-0.25, -0.2) is 0 Å². The third kappa shape index (κ3) is 3.50. The second-order valence-corrected chi connectivity index (χ2v) is 5.91. The predicted octanol–water partition coefficient (Wildman–Crippen LogP) is 3.56. The van der Waals surface area contributed by atoms with Crippen LogP contribution in [0.4, 0.5) is 0 Å². The summed E-state index contributed by atoms with van der Waals surface area (Å²) in [5.74, 6) is -0.206. The molecule has 1 N–H and O–H groups in total. The summed E-state index contributed by atoms with van der Waals surface area (Å²) < 4.78 is 5.41. The zero-order valence-electron chi connectivity index (χ0n) is 13.4. The number of ether oxygens (including phenoxy) is 1. The van der Waals surface area contributed by atoms with Gasteiger partial charge in [-0.2, -0.15) is 0 Å². The van der Waals surface area contributed by atoms with Gasteiger partial charge in [-0.3, -0.25) is 9.69 Å². The Morgan fingerprint density at radius 2 is 2.18 bits per heavy atom. The van der Waals surface area contributed by atoms with Crippen LogP contribution in [0.25, 0.3) is 0 Å². The van der Waals surface area contributed by atoms with E-state index in [-0.39, 0.29) is 0 Å². The normalized spacial score (nSPS) is 16.7. The van der Waals surface area contributed by atoms with Crippen molar-refractivity contribution in [3.63, 3.8) is 0 Å². The van der Waals surface area contributed by atoms with E-state index in [2.05, 4.69) is 11.5 Å². The smallest absolute Gasteiger partial charge is 0.325 e. The molecule has 0 saturated heterocycles. The summed E-state index contributed by atoms with van der Waals surface area (Å²) in [6.45, 7) is 6.34. The first kappa shape index (κ1) is 16.6. The van der Waals surface area contributed by atoms with Crippen molar-refractivity contribution >= 4 is 5.97 Å². The number of aliphatic carboxylic acids is 1. The van der Waals surface area contributed by atoms with Gasteiger partial charge in [0.05, 0.1) is 7.11 Å². The Hall–Kier alpha value is -1.81. The van der Waals surface area contributed by atoms with Gasteiger partial charge in [-0.05, 0) is 25.8 Å². The molecule has 1 aromatic rings. The molecule has 4 heteroatoms. The molecule has 0 unspecified atom stereocenters. The SMILES string of the molecule is C=CCN(C1CCCC1)[C@H](C(=O)O)c1cc(C)ccc1OC. The van der Waals surface area contributed by atoms with Crippen LogP contribution in [0, 0.1) is 6.92 Å². The monoisotopic (exact) mass is 303 g/mol. The van der Waals surface area contributed by atoms with Crippen LogP contribution < -0.4 is 4.74 Å². The molecule has 1 fully saturated rings. The topological polar surface area (TPSA) is 49.8 Å². The summed E-state index contributed by atoms with van der Waals surface area (Å²) >= 11 is 0. The number of benzene rings is 1. The van der Waals surface area contributed by atoms with Crippen molar-refractivity contribution in [2.75, 3.05) is 13.7 Å². The van der Waals surface area contributed by atoms with Crippen LogP contribution in [-0.4, -0.2) is 35.7 Å². The minimum absolute atomic E-state index is 0.296. The highest BCUT2D eigenvalue weighted by Crippen LogP contribution is 2.35. The van der Waals surface area contributed by atoms with Gasteiger partial charge in [0.25, 0.3) is 0 Å². The molecule has 0 aromatic heterocycles. The van der Waals surface area contributed by atoms with Gasteiger partial charge in [0, 0.05) is 18.2 Å². The van der Waals surface area contributed by atoms with E-state index in [1.165, 1.54) is 0 Å². The summed E-state index contributed by atoms with van der Waals surface area (Å²) in [5, 5.41) is 9.86. The van der Waals surface area contributed by atoms with Crippen LogP contribution in [0.3, 0.4) is 0 Å². The summed E-state index contributed by atoms with van der Waals surface area (Å²) in [4.78, 5) is 14.1. The number of carboxylic acids is 1. The first-order valence-electron chi connectivity index (χ1n) is 7.82. The number of carboxylic acid groups (broad SMARTS) is 1. The summed E-state index contributed by atoms with van der Waals surface area (Å²) in [5.41, 5.74) is 1.76. The lowest BCUT2D eigenvalue weighted by Gasteiger charge is -2.34. The van der Waals surface area contributed by atoms with E-state index >= 15 is 0 Å².